The molecule has 4 atom stereocenters. The summed E-state index contributed by atoms with van der Waals surface area (Å²) in [6, 6.07) is 0. The van der Waals surface area contributed by atoms with Gasteiger partial charge in [-0.05, 0) is 29.6 Å². The molecule has 0 aromatic carbocycles. The Labute approximate surface area is 82.9 Å². The van der Waals surface area contributed by atoms with Gasteiger partial charge in [0.15, 0.2) is 0 Å². The van der Waals surface area contributed by atoms with Crippen LogP contribution in [0.4, 0.5) is 0 Å². The highest BCUT2D eigenvalue weighted by Crippen LogP contribution is 2.47. The highest BCUT2D eigenvalue weighted by Gasteiger charge is 2.43. The molecule has 1 aliphatic carbocycles. The van der Waals surface area contributed by atoms with Crippen LogP contribution in [-0.2, 0) is 4.74 Å². The van der Waals surface area contributed by atoms with E-state index in [2.05, 4.69) is 34.6 Å². The molecule has 0 spiro atoms. The fraction of sp³-hybridized carbons (Fsp3) is 1.00. The average molecular weight is 184 g/mol. The second-order valence-corrected chi connectivity index (χ2v) is 5.38. The molecule has 0 saturated heterocycles. The largest absolute Gasteiger partial charge is 0.381 e. The van der Waals surface area contributed by atoms with Crippen LogP contribution in [0.3, 0.4) is 0 Å². The van der Waals surface area contributed by atoms with Crippen molar-refractivity contribution in [3.63, 3.8) is 0 Å². The summed E-state index contributed by atoms with van der Waals surface area (Å²) in [7, 11) is 1.85. The maximum atomic E-state index is 5.54. The predicted molar refractivity (Wildman–Crippen MR) is 56.7 cm³/mol. The summed E-state index contributed by atoms with van der Waals surface area (Å²) < 4.78 is 5.54. The molecule has 0 unspecified atom stereocenters. The van der Waals surface area contributed by atoms with Crippen LogP contribution in [0.15, 0.2) is 0 Å². The Bertz CT molecular complexity index is 174. The van der Waals surface area contributed by atoms with Gasteiger partial charge in [-0.15, -0.1) is 0 Å². The fourth-order valence-electron chi connectivity index (χ4n) is 2.63. The molecule has 78 valence electrons. The number of rotatable bonds is 1. The minimum Gasteiger partial charge on any atom is -0.381 e. The molecule has 1 saturated carbocycles. The topological polar surface area (TPSA) is 9.23 Å². The van der Waals surface area contributed by atoms with E-state index in [0.29, 0.717) is 17.4 Å². The van der Waals surface area contributed by atoms with Gasteiger partial charge in [0.2, 0.25) is 0 Å². The minimum absolute atomic E-state index is 0.467. The second kappa shape index (κ2) is 3.61. The van der Waals surface area contributed by atoms with E-state index in [9.17, 15) is 0 Å². The lowest BCUT2D eigenvalue weighted by molar-refractivity contribution is -0.0722. The lowest BCUT2D eigenvalue weighted by Crippen LogP contribution is -2.45. The monoisotopic (exact) mass is 184 g/mol. The first kappa shape index (κ1) is 11.0. The van der Waals surface area contributed by atoms with Crippen molar-refractivity contribution in [1.29, 1.82) is 0 Å². The van der Waals surface area contributed by atoms with Gasteiger partial charge in [-0.3, -0.25) is 0 Å². The van der Waals surface area contributed by atoms with Gasteiger partial charge < -0.3 is 4.74 Å². The average Bonchev–Trinajstić information content (AvgIpc) is 2.09. The number of methoxy groups -OCH3 is 1. The molecular weight excluding hydrogens is 160 g/mol. The maximum absolute atomic E-state index is 5.54. The molecule has 0 heterocycles. The van der Waals surface area contributed by atoms with Crippen LogP contribution in [-0.4, -0.2) is 13.2 Å². The number of ether oxygens (including phenoxy) is 1. The number of hydrogen-bond donors (Lipinski definition) is 0. The van der Waals surface area contributed by atoms with E-state index in [1.54, 1.807) is 0 Å². The van der Waals surface area contributed by atoms with Crippen LogP contribution in [0.2, 0.25) is 0 Å². The third-order valence-corrected chi connectivity index (χ3v) is 4.71. The van der Waals surface area contributed by atoms with Gasteiger partial charge in [-0.2, -0.15) is 0 Å². The molecule has 0 radical (unpaired) electrons. The van der Waals surface area contributed by atoms with Gasteiger partial charge >= 0.3 is 0 Å². The summed E-state index contributed by atoms with van der Waals surface area (Å²) in [6.07, 6.45) is 1.69. The Morgan fingerprint density at radius 1 is 1.15 bits per heavy atom. The summed E-state index contributed by atoms with van der Waals surface area (Å²) in [5.41, 5.74) is 0.467. The molecule has 1 rings (SSSR count). The molecule has 0 aliphatic heterocycles. The quantitative estimate of drug-likeness (QED) is 0.607. The van der Waals surface area contributed by atoms with Crippen LogP contribution in [0, 0.1) is 23.2 Å². The summed E-state index contributed by atoms with van der Waals surface area (Å²) >= 11 is 0. The molecule has 1 heteroatoms. The van der Waals surface area contributed by atoms with E-state index >= 15 is 0 Å². The van der Waals surface area contributed by atoms with Gasteiger partial charge in [-0.25, -0.2) is 0 Å². The third-order valence-electron chi connectivity index (χ3n) is 4.71. The zero-order chi connectivity index (χ0) is 10.2. The van der Waals surface area contributed by atoms with Crippen molar-refractivity contribution >= 4 is 0 Å². The normalized spacial score (nSPS) is 44.8. The van der Waals surface area contributed by atoms with Gasteiger partial charge in [0.1, 0.15) is 0 Å². The molecule has 0 bridgehead atoms. The van der Waals surface area contributed by atoms with Crippen molar-refractivity contribution in [2.45, 2.75) is 47.1 Å². The van der Waals surface area contributed by atoms with Crippen molar-refractivity contribution in [2.75, 3.05) is 7.11 Å². The van der Waals surface area contributed by atoms with E-state index in [0.717, 1.165) is 11.8 Å². The van der Waals surface area contributed by atoms with Crippen molar-refractivity contribution < 1.29 is 4.74 Å². The van der Waals surface area contributed by atoms with Gasteiger partial charge in [0.05, 0.1) is 6.10 Å². The highest BCUT2D eigenvalue weighted by atomic mass is 16.5. The summed E-state index contributed by atoms with van der Waals surface area (Å²) in [6.45, 7) is 11.8. The highest BCUT2D eigenvalue weighted by molar-refractivity contribution is 4.92. The van der Waals surface area contributed by atoms with E-state index < -0.39 is 0 Å². The van der Waals surface area contributed by atoms with Crippen LogP contribution < -0.4 is 0 Å². The van der Waals surface area contributed by atoms with Crippen molar-refractivity contribution in [3.05, 3.63) is 0 Å². The van der Waals surface area contributed by atoms with Gasteiger partial charge in [0, 0.05) is 7.11 Å². The smallest absolute Gasteiger partial charge is 0.0602 e. The molecule has 1 fully saturated rings. The lowest BCUT2D eigenvalue weighted by Gasteiger charge is -2.49. The zero-order valence-corrected chi connectivity index (χ0v) is 9.92. The number of hydrogen-bond acceptors (Lipinski definition) is 1. The van der Waals surface area contributed by atoms with E-state index in [-0.39, 0.29) is 0 Å². The molecule has 13 heavy (non-hydrogen) atoms. The first-order valence-electron chi connectivity index (χ1n) is 5.44. The molecule has 0 N–H and O–H groups in total. The van der Waals surface area contributed by atoms with E-state index in [1.165, 1.54) is 6.42 Å². The van der Waals surface area contributed by atoms with E-state index in [1.807, 2.05) is 7.11 Å². The summed E-state index contributed by atoms with van der Waals surface area (Å²) in [5.74, 6) is 2.21. The molecule has 0 amide bonds. The molecule has 0 aromatic heterocycles. The Morgan fingerprint density at radius 3 is 2.15 bits per heavy atom. The third kappa shape index (κ3) is 1.76. The van der Waals surface area contributed by atoms with Crippen LogP contribution >= 0.6 is 0 Å². The van der Waals surface area contributed by atoms with Crippen molar-refractivity contribution in [3.8, 4) is 0 Å². The Morgan fingerprint density at radius 2 is 1.69 bits per heavy atom. The predicted octanol–water partition coefficient (Wildman–Crippen LogP) is 3.34. The SMILES string of the molecule is CO[C@H]1C[C@@H](C)C(C)(C)[C@@H](C)[C@@H]1C. The molecular formula is C12H24O. The van der Waals surface area contributed by atoms with Crippen molar-refractivity contribution in [1.82, 2.24) is 0 Å². The lowest BCUT2D eigenvalue weighted by atomic mass is 9.59. The zero-order valence-electron chi connectivity index (χ0n) is 9.92. The van der Waals surface area contributed by atoms with Crippen LogP contribution in [0.5, 0.6) is 0 Å². The van der Waals surface area contributed by atoms with E-state index in [4.69, 9.17) is 4.74 Å². The maximum Gasteiger partial charge on any atom is 0.0602 e. The molecule has 0 aromatic rings. The van der Waals surface area contributed by atoms with Crippen LogP contribution in [0.25, 0.3) is 0 Å². The Hall–Kier alpha value is -0.0400. The standard InChI is InChI=1S/C12H24O/c1-8-7-11(13-6)9(2)10(3)12(8,4)5/h8-11H,7H2,1-6H3/t8-,9+,10+,11+/m1/s1. The van der Waals surface area contributed by atoms with Crippen molar-refractivity contribution in [2.24, 2.45) is 23.2 Å². The first-order valence-corrected chi connectivity index (χ1v) is 5.44. The first-order chi connectivity index (χ1) is 5.91. The Balaban J connectivity index is 2.79. The fourth-order valence-corrected chi connectivity index (χ4v) is 2.63. The Kier molecular flexibility index (Phi) is 3.06. The second-order valence-electron chi connectivity index (χ2n) is 5.38. The minimum atomic E-state index is 0.467. The molecule has 1 aliphatic rings. The van der Waals surface area contributed by atoms with Gasteiger partial charge in [-0.1, -0.05) is 34.6 Å². The summed E-state index contributed by atoms with van der Waals surface area (Å²) in [5, 5.41) is 0. The summed E-state index contributed by atoms with van der Waals surface area (Å²) in [4.78, 5) is 0. The van der Waals surface area contributed by atoms with Gasteiger partial charge in [0.25, 0.3) is 0 Å². The van der Waals surface area contributed by atoms with Crippen LogP contribution in [0.1, 0.15) is 41.0 Å². The molecule has 1 nitrogen and oxygen atoms in total.